The van der Waals surface area contributed by atoms with E-state index in [2.05, 4.69) is 0 Å². The van der Waals surface area contributed by atoms with E-state index in [-0.39, 0.29) is 18.6 Å². The van der Waals surface area contributed by atoms with Crippen molar-refractivity contribution in [1.82, 2.24) is 4.90 Å². The first-order valence-electron chi connectivity index (χ1n) is 5.13. The Bertz CT molecular complexity index is 209. The average molecular weight is 199 g/mol. The largest absolute Gasteiger partial charge is 0.395 e. The van der Waals surface area contributed by atoms with E-state index in [0.29, 0.717) is 6.54 Å². The average Bonchev–Trinajstić information content (AvgIpc) is 2.13. The molecule has 0 aliphatic heterocycles. The molecule has 0 saturated carbocycles. The van der Waals surface area contributed by atoms with Crippen molar-refractivity contribution in [2.24, 2.45) is 0 Å². The van der Waals surface area contributed by atoms with Crippen molar-refractivity contribution in [2.75, 3.05) is 13.2 Å². The number of carbonyl (C=O) groups is 1. The first-order chi connectivity index (χ1) is 6.54. The Morgan fingerprint density at radius 1 is 1.50 bits per heavy atom. The lowest BCUT2D eigenvalue weighted by Gasteiger charge is -2.26. The number of hydrogen-bond donors (Lipinski definition) is 1. The molecule has 1 N–H and O–H groups in total. The number of rotatable bonds is 5. The number of aliphatic hydroxyl groups is 1. The smallest absolute Gasteiger partial charge is 0.249 e. The SMILES string of the molecule is CC/C=C(\C)C(=O)N(CCO)C(C)C. The van der Waals surface area contributed by atoms with Crippen LogP contribution in [0.1, 0.15) is 34.1 Å². The number of carbonyl (C=O) groups excluding carboxylic acids is 1. The molecule has 0 bridgehead atoms. The third-order valence-corrected chi connectivity index (χ3v) is 2.07. The summed E-state index contributed by atoms with van der Waals surface area (Å²) in [4.78, 5) is 13.5. The topological polar surface area (TPSA) is 40.5 Å². The summed E-state index contributed by atoms with van der Waals surface area (Å²) in [7, 11) is 0. The van der Waals surface area contributed by atoms with Gasteiger partial charge in [-0.2, -0.15) is 0 Å². The van der Waals surface area contributed by atoms with Gasteiger partial charge in [-0.25, -0.2) is 0 Å². The molecule has 14 heavy (non-hydrogen) atoms. The van der Waals surface area contributed by atoms with Crippen LogP contribution in [0.5, 0.6) is 0 Å². The monoisotopic (exact) mass is 199 g/mol. The van der Waals surface area contributed by atoms with Gasteiger partial charge in [0.25, 0.3) is 0 Å². The lowest BCUT2D eigenvalue weighted by Crippen LogP contribution is -2.39. The minimum atomic E-state index is 0.0172. The van der Waals surface area contributed by atoms with Crippen LogP contribution in [0.15, 0.2) is 11.6 Å². The summed E-state index contributed by atoms with van der Waals surface area (Å²) in [6.07, 6.45) is 2.78. The predicted molar refractivity (Wildman–Crippen MR) is 58.0 cm³/mol. The molecule has 3 heteroatoms. The van der Waals surface area contributed by atoms with Crippen LogP contribution in [0.2, 0.25) is 0 Å². The van der Waals surface area contributed by atoms with Crippen molar-refractivity contribution in [3.63, 3.8) is 0 Å². The first-order valence-corrected chi connectivity index (χ1v) is 5.13. The Hall–Kier alpha value is -0.830. The maximum Gasteiger partial charge on any atom is 0.249 e. The third-order valence-electron chi connectivity index (χ3n) is 2.07. The molecule has 0 spiro atoms. The second kappa shape index (κ2) is 6.60. The van der Waals surface area contributed by atoms with E-state index in [1.54, 1.807) is 4.90 Å². The molecule has 0 heterocycles. The van der Waals surface area contributed by atoms with Gasteiger partial charge in [0, 0.05) is 18.2 Å². The fourth-order valence-corrected chi connectivity index (χ4v) is 1.32. The molecular formula is C11H21NO2. The molecule has 0 atom stereocenters. The second-order valence-corrected chi connectivity index (χ2v) is 3.61. The molecule has 0 radical (unpaired) electrons. The van der Waals surface area contributed by atoms with Crippen molar-refractivity contribution in [1.29, 1.82) is 0 Å². The highest BCUT2D eigenvalue weighted by molar-refractivity contribution is 5.92. The quantitative estimate of drug-likeness (QED) is 0.683. The van der Waals surface area contributed by atoms with Gasteiger partial charge in [0.05, 0.1) is 6.61 Å². The maximum absolute atomic E-state index is 11.8. The molecule has 82 valence electrons. The van der Waals surface area contributed by atoms with E-state index in [0.717, 1.165) is 12.0 Å². The van der Waals surface area contributed by atoms with Crippen molar-refractivity contribution >= 4 is 5.91 Å². The Labute approximate surface area is 86.4 Å². The number of hydrogen-bond acceptors (Lipinski definition) is 2. The van der Waals surface area contributed by atoms with Crippen molar-refractivity contribution < 1.29 is 9.90 Å². The minimum absolute atomic E-state index is 0.0172. The molecule has 0 saturated heterocycles. The molecule has 0 fully saturated rings. The fourth-order valence-electron chi connectivity index (χ4n) is 1.32. The molecule has 0 unspecified atom stereocenters. The molecular weight excluding hydrogens is 178 g/mol. The van der Waals surface area contributed by atoms with Crippen LogP contribution in [-0.2, 0) is 4.79 Å². The van der Waals surface area contributed by atoms with Gasteiger partial charge in [-0.3, -0.25) is 4.79 Å². The number of amides is 1. The van der Waals surface area contributed by atoms with Crippen LogP contribution < -0.4 is 0 Å². The van der Waals surface area contributed by atoms with Crippen LogP contribution in [0.25, 0.3) is 0 Å². The van der Waals surface area contributed by atoms with Gasteiger partial charge >= 0.3 is 0 Å². The fraction of sp³-hybridized carbons (Fsp3) is 0.727. The van der Waals surface area contributed by atoms with Gasteiger partial charge < -0.3 is 10.0 Å². The zero-order chi connectivity index (χ0) is 11.1. The summed E-state index contributed by atoms with van der Waals surface area (Å²) in [6.45, 7) is 8.15. The highest BCUT2D eigenvalue weighted by Gasteiger charge is 2.16. The molecule has 0 aromatic carbocycles. The van der Waals surface area contributed by atoms with E-state index < -0.39 is 0 Å². The van der Waals surface area contributed by atoms with E-state index in [1.807, 2.05) is 33.8 Å². The van der Waals surface area contributed by atoms with Gasteiger partial charge in [0.15, 0.2) is 0 Å². The van der Waals surface area contributed by atoms with Gasteiger partial charge in [-0.1, -0.05) is 13.0 Å². The third kappa shape index (κ3) is 3.92. The highest BCUT2D eigenvalue weighted by atomic mass is 16.3. The summed E-state index contributed by atoms with van der Waals surface area (Å²) in [5, 5.41) is 8.83. The summed E-state index contributed by atoms with van der Waals surface area (Å²) in [6, 6.07) is 0.134. The molecule has 0 aliphatic rings. The molecule has 1 amide bonds. The summed E-state index contributed by atoms with van der Waals surface area (Å²) >= 11 is 0. The molecule has 3 nitrogen and oxygen atoms in total. The van der Waals surface area contributed by atoms with Crippen LogP contribution in [0, 0.1) is 0 Å². The van der Waals surface area contributed by atoms with Crippen molar-refractivity contribution in [2.45, 2.75) is 40.2 Å². The Balaban J connectivity index is 4.51. The molecule has 0 aromatic heterocycles. The van der Waals surface area contributed by atoms with Gasteiger partial charge in [-0.15, -0.1) is 0 Å². The van der Waals surface area contributed by atoms with Crippen molar-refractivity contribution in [3.8, 4) is 0 Å². The van der Waals surface area contributed by atoms with Crippen LogP contribution in [0.4, 0.5) is 0 Å². The highest BCUT2D eigenvalue weighted by Crippen LogP contribution is 2.06. The number of aliphatic hydroxyl groups excluding tert-OH is 1. The summed E-state index contributed by atoms with van der Waals surface area (Å²) in [5.41, 5.74) is 0.759. The number of allylic oxidation sites excluding steroid dienone is 1. The zero-order valence-electron chi connectivity index (χ0n) is 9.58. The Kier molecular flexibility index (Phi) is 6.21. The van der Waals surface area contributed by atoms with Crippen LogP contribution >= 0.6 is 0 Å². The standard InChI is InChI=1S/C11H21NO2/c1-5-6-10(4)11(14)12(7-8-13)9(2)3/h6,9,13H,5,7-8H2,1-4H3/b10-6+. The summed E-state index contributed by atoms with van der Waals surface area (Å²) in [5.74, 6) is 0.0240. The predicted octanol–water partition coefficient (Wildman–Crippen LogP) is 1.57. The molecule has 0 aromatic rings. The second-order valence-electron chi connectivity index (χ2n) is 3.61. The first kappa shape index (κ1) is 13.2. The Morgan fingerprint density at radius 2 is 2.07 bits per heavy atom. The van der Waals surface area contributed by atoms with E-state index in [9.17, 15) is 4.79 Å². The van der Waals surface area contributed by atoms with Crippen molar-refractivity contribution in [3.05, 3.63) is 11.6 Å². The van der Waals surface area contributed by atoms with E-state index in [1.165, 1.54) is 0 Å². The Morgan fingerprint density at radius 3 is 2.43 bits per heavy atom. The van der Waals surface area contributed by atoms with Gasteiger partial charge in [-0.05, 0) is 27.2 Å². The minimum Gasteiger partial charge on any atom is -0.395 e. The number of nitrogens with zero attached hydrogens (tertiary/aromatic N) is 1. The van der Waals surface area contributed by atoms with Crippen LogP contribution in [0.3, 0.4) is 0 Å². The molecule has 0 aliphatic carbocycles. The lowest BCUT2D eigenvalue weighted by atomic mass is 10.2. The molecule has 0 rings (SSSR count). The van der Waals surface area contributed by atoms with Gasteiger partial charge in [0.1, 0.15) is 0 Å². The van der Waals surface area contributed by atoms with E-state index in [4.69, 9.17) is 5.11 Å². The van der Waals surface area contributed by atoms with E-state index >= 15 is 0 Å². The normalized spacial score (nSPS) is 12.0. The van der Waals surface area contributed by atoms with Gasteiger partial charge in [0.2, 0.25) is 5.91 Å². The summed E-state index contributed by atoms with van der Waals surface area (Å²) < 4.78 is 0. The zero-order valence-corrected chi connectivity index (χ0v) is 9.58. The van der Waals surface area contributed by atoms with Crippen LogP contribution in [-0.4, -0.2) is 35.1 Å². The maximum atomic E-state index is 11.8. The lowest BCUT2D eigenvalue weighted by molar-refractivity contribution is -0.129.